The van der Waals surface area contributed by atoms with Crippen LogP contribution >= 0.6 is 11.8 Å². The van der Waals surface area contributed by atoms with Crippen LogP contribution in [-0.2, 0) is 6.54 Å². The predicted octanol–water partition coefficient (Wildman–Crippen LogP) is 2.51. The number of nitrogens with two attached hydrogens (primary N) is 1. The fraction of sp³-hybridized carbons (Fsp3) is 0.143. The van der Waals surface area contributed by atoms with Gasteiger partial charge in [-0.2, -0.15) is 0 Å². The van der Waals surface area contributed by atoms with E-state index < -0.39 is 0 Å². The smallest absolute Gasteiger partial charge is 0.189 e. The number of benzene rings is 1. The van der Waals surface area contributed by atoms with Gasteiger partial charge in [0, 0.05) is 28.9 Å². The van der Waals surface area contributed by atoms with E-state index in [1.165, 1.54) is 4.90 Å². The number of hydrogen-bond donors (Lipinski definition) is 3. The van der Waals surface area contributed by atoms with Crippen molar-refractivity contribution in [2.75, 3.05) is 11.6 Å². The molecule has 1 aromatic heterocycles. The third-order valence-corrected chi connectivity index (χ3v) is 3.52. The molecule has 6 heteroatoms. The summed E-state index contributed by atoms with van der Waals surface area (Å²) in [4.78, 5) is 5.33. The second-order valence-corrected chi connectivity index (χ2v) is 4.96. The summed E-state index contributed by atoms with van der Waals surface area (Å²) in [5, 5.41) is 15.1. The van der Waals surface area contributed by atoms with Crippen LogP contribution in [0.1, 0.15) is 11.3 Å². The molecule has 0 aliphatic rings. The van der Waals surface area contributed by atoms with Crippen molar-refractivity contribution in [1.29, 1.82) is 0 Å². The summed E-state index contributed by atoms with van der Waals surface area (Å²) in [6.07, 6.45) is 3.65. The number of amidine groups is 1. The molecule has 0 radical (unpaired) electrons. The predicted molar refractivity (Wildman–Crippen MR) is 82.3 cm³/mol. The first-order valence-electron chi connectivity index (χ1n) is 6.04. The van der Waals surface area contributed by atoms with Crippen molar-refractivity contribution in [2.24, 2.45) is 10.9 Å². The van der Waals surface area contributed by atoms with E-state index in [1.54, 1.807) is 18.0 Å². The summed E-state index contributed by atoms with van der Waals surface area (Å²) in [5.74, 6) is 0.0141. The largest absolute Gasteiger partial charge is 0.409 e. The standard InChI is InChI=1S/C14H16N4OS/c1-20-12-6-2-5-11(8-12)17-9-10-4-3-7-16-13(10)14(15)18-19/h2-8,17,19H,9H2,1H3,(H2,15,18). The lowest BCUT2D eigenvalue weighted by Gasteiger charge is -2.10. The van der Waals surface area contributed by atoms with E-state index in [1.807, 2.05) is 30.5 Å². The summed E-state index contributed by atoms with van der Waals surface area (Å²) in [6.45, 7) is 0.553. The highest BCUT2D eigenvalue weighted by molar-refractivity contribution is 7.98. The lowest BCUT2D eigenvalue weighted by molar-refractivity contribution is 0.318. The van der Waals surface area contributed by atoms with Crippen molar-refractivity contribution < 1.29 is 5.21 Å². The van der Waals surface area contributed by atoms with Gasteiger partial charge in [-0.3, -0.25) is 4.98 Å². The van der Waals surface area contributed by atoms with Gasteiger partial charge in [0.15, 0.2) is 5.84 Å². The summed E-state index contributed by atoms with van der Waals surface area (Å²) >= 11 is 1.69. The first-order valence-corrected chi connectivity index (χ1v) is 7.27. The summed E-state index contributed by atoms with van der Waals surface area (Å²) in [6, 6.07) is 11.8. The van der Waals surface area contributed by atoms with Crippen LogP contribution in [0.15, 0.2) is 52.6 Å². The van der Waals surface area contributed by atoms with Gasteiger partial charge in [0.05, 0.1) is 0 Å². The molecule has 1 aromatic carbocycles. The molecule has 1 heterocycles. The van der Waals surface area contributed by atoms with Gasteiger partial charge in [0.25, 0.3) is 0 Å². The molecule has 104 valence electrons. The normalized spacial score (nSPS) is 11.3. The SMILES string of the molecule is CSc1cccc(NCc2cccnc2C(N)=NO)c1. The summed E-state index contributed by atoms with van der Waals surface area (Å²) in [5.41, 5.74) is 8.00. The van der Waals surface area contributed by atoms with Crippen LogP contribution in [0.2, 0.25) is 0 Å². The van der Waals surface area contributed by atoms with Crippen molar-refractivity contribution in [2.45, 2.75) is 11.4 Å². The van der Waals surface area contributed by atoms with E-state index >= 15 is 0 Å². The number of aromatic nitrogens is 1. The highest BCUT2D eigenvalue weighted by Gasteiger charge is 2.07. The quantitative estimate of drug-likeness (QED) is 0.259. The Morgan fingerprint density at radius 3 is 3.00 bits per heavy atom. The molecule has 0 amide bonds. The molecule has 2 aromatic rings. The van der Waals surface area contributed by atoms with Gasteiger partial charge in [-0.15, -0.1) is 11.8 Å². The molecule has 5 nitrogen and oxygen atoms in total. The van der Waals surface area contributed by atoms with E-state index in [2.05, 4.69) is 27.6 Å². The third kappa shape index (κ3) is 3.42. The van der Waals surface area contributed by atoms with Crippen LogP contribution in [0.5, 0.6) is 0 Å². The fourth-order valence-corrected chi connectivity index (χ4v) is 2.25. The number of nitrogens with zero attached hydrogens (tertiary/aromatic N) is 2. The van der Waals surface area contributed by atoms with Gasteiger partial charge >= 0.3 is 0 Å². The molecule has 0 aliphatic carbocycles. The molecular weight excluding hydrogens is 272 g/mol. The van der Waals surface area contributed by atoms with Crippen molar-refractivity contribution in [3.63, 3.8) is 0 Å². The molecule has 0 fully saturated rings. The highest BCUT2D eigenvalue weighted by Crippen LogP contribution is 2.19. The zero-order chi connectivity index (χ0) is 14.4. The molecule has 0 aliphatic heterocycles. The molecule has 0 spiro atoms. The van der Waals surface area contributed by atoms with Crippen LogP contribution in [-0.4, -0.2) is 22.3 Å². The molecule has 4 N–H and O–H groups in total. The van der Waals surface area contributed by atoms with E-state index in [4.69, 9.17) is 10.9 Å². The monoisotopic (exact) mass is 288 g/mol. The van der Waals surface area contributed by atoms with Crippen molar-refractivity contribution in [3.8, 4) is 0 Å². The van der Waals surface area contributed by atoms with Gasteiger partial charge in [0.2, 0.25) is 0 Å². The third-order valence-electron chi connectivity index (χ3n) is 2.79. The van der Waals surface area contributed by atoms with E-state index in [0.29, 0.717) is 12.2 Å². The highest BCUT2D eigenvalue weighted by atomic mass is 32.2. The summed E-state index contributed by atoms with van der Waals surface area (Å²) < 4.78 is 0. The Kier molecular flexibility index (Phi) is 4.84. The Labute approximate surface area is 121 Å². The lowest BCUT2D eigenvalue weighted by atomic mass is 10.1. The average molecular weight is 288 g/mol. The van der Waals surface area contributed by atoms with Crippen molar-refractivity contribution >= 4 is 23.3 Å². The van der Waals surface area contributed by atoms with Crippen molar-refractivity contribution in [1.82, 2.24) is 4.98 Å². The van der Waals surface area contributed by atoms with Crippen LogP contribution < -0.4 is 11.1 Å². The Balaban J connectivity index is 2.14. The van der Waals surface area contributed by atoms with Gasteiger partial charge < -0.3 is 16.3 Å². The van der Waals surface area contributed by atoms with Gasteiger partial charge in [-0.1, -0.05) is 17.3 Å². The van der Waals surface area contributed by atoms with Crippen LogP contribution in [0.25, 0.3) is 0 Å². The topological polar surface area (TPSA) is 83.5 Å². The molecule has 0 atom stereocenters. The zero-order valence-corrected chi connectivity index (χ0v) is 11.9. The van der Waals surface area contributed by atoms with Crippen molar-refractivity contribution in [3.05, 3.63) is 53.9 Å². The molecule has 0 unspecified atom stereocenters. The van der Waals surface area contributed by atoms with E-state index in [9.17, 15) is 0 Å². The molecule has 0 bridgehead atoms. The Hall–Kier alpha value is -2.21. The molecular formula is C14H16N4OS. The van der Waals surface area contributed by atoms with E-state index in [-0.39, 0.29) is 5.84 Å². The molecule has 20 heavy (non-hydrogen) atoms. The van der Waals surface area contributed by atoms with Gasteiger partial charge in [0.1, 0.15) is 5.69 Å². The first kappa shape index (κ1) is 14.2. The minimum absolute atomic E-state index is 0.0141. The Morgan fingerprint density at radius 1 is 1.40 bits per heavy atom. The number of pyridine rings is 1. The van der Waals surface area contributed by atoms with Gasteiger partial charge in [-0.05, 0) is 30.5 Å². The molecule has 0 saturated heterocycles. The van der Waals surface area contributed by atoms with E-state index in [0.717, 1.165) is 11.3 Å². The molecule has 0 saturated carbocycles. The summed E-state index contributed by atoms with van der Waals surface area (Å²) in [7, 11) is 0. The minimum atomic E-state index is 0.0141. The number of oxime groups is 1. The first-order chi connectivity index (χ1) is 9.74. The number of rotatable bonds is 5. The van der Waals surface area contributed by atoms with Crippen LogP contribution in [0.3, 0.4) is 0 Å². The lowest BCUT2D eigenvalue weighted by Crippen LogP contribution is -2.18. The maximum Gasteiger partial charge on any atom is 0.189 e. The van der Waals surface area contributed by atoms with Crippen LogP contribution in [0.4, 0.5) is 5.69 Å². The number of hydrogen-bond acceptors (Lipinski definition) is 5. The molecule has 2 rings (SSSR count). The van der Waals surface area contributed by atoms with Gasteiger partial charge in [-0.25, -0.2) is 0 Å². The minimum Gasteiger partial charge on any atom is -0.409 e. The fourth-order valence-electron chi connectivity index (χ4n) is 1.79. The Bertz CT molecular complexity index is 616. The number of nitrogens with one attached hydrogen (secondary N) is 1. The van der Waals surface area contributed by atoms with Crippen LogP contribution in [0, 0.1) is 0 Å². The maximum atomic E-state index is 8.77. The Morgan fingerprint density at radius 2 is 2.25 bits per heavy atom. The zero-order valence-electron chi connectivity index (χ0n) is 11.1. The number of anilines is 1. The number of thioether (sulfide) groups is 1. The maximum absolute atomic E-state index is 8.77. The second-order valence-electron chi connectivity index (χ2n) is 4.08. The second kappa shape index (κ2) is 6.81. The average Bonchev–Trinajstić information content (AvgIpc) is 2.52.